The predicted molar refractivity (Wildman–Crippen MR) is 84.0 cm³/mol. The first-order valence-electron chi connectivity index (χ1n) is 7.31. The maximum Gasteiger partial charge on any atom is 0.640 e. The van der Waals surface area contributed by atoms with E-state index < -0.39 is 7.32 Å². The minimum absolute atomic E-state index is 0.0458. The standard InChI is InChI=1S/C15H25BN2O3/c1-17(2)10-14(11-18(3)4)20-16-19-12-15(21-16)13-8-6-5-7-9-13/h5-9,14-15H,10-12H2,1-4H3/t15-/m1/s1. The van der Waals surface area contributed by atoms with E-state index in [2.05, 4.69) is 9.80 Å². The van der Waals surface area contributed by atoms with Crippen molar-refractivity contribution in [2.24, 2.45) is 0 Å². The molecule has 1 aliphatic rings. The van der Waals surface area contributed by atoms with Crippen LogP contribution in [0.2, 0.25) is 0 Å². The highest BCUT2D eigenvalue weighted by molar-refractivity contribution is 6.37. The van der Waals surface area contributed by atoms with Crippen molar-refractivity contribution >= 4 is 7.32 Å². The van der Waals surface area contributed by atoms with Gasteiger partial charge in [-0.25, -0.2) is 0 Å². The Kier molecular flexibility index (Phi) is 6.20. The van der Waals surface area contributed by atoms with Gasteiger partial charge < -0.3 is 23.8 Å². The number of rotatable bonds is 7. The zero-order chi connectivity index (χ0) is 15.2. The van der Waals surface area contributed by atoms with E-state index in [4.69, 9.17) is 14.0 Å². The zero-order valence-electron chi connectivity index (χ0n) is 13.4. The summed E-state index contributed by atoms with van der Waals surface area (Å²) in [5, 5.41) is 0. The van der Waals surface area contributed by atoms with Crippen molar-refractivity contribution in [2.45, 2.75) is 12.2 Å². The van der Waals surface area contributed by atoms with E-state index in [-0.39, 0.29) is 12.2 Å². The van der Waals surface area contributed by atoms with Gasteiger partial charge in [0, 0.05) is 13.1 Å². The average Bonchev–Trinajstić information content (AvgIpc) is 2.86. The van der Waals surface area contributed by atoms with E-state index in [1.54, 1.807) is 0 Å². The third kappa shape index (κ3) is 5.41. The lowest BCUT2D eigenvalue weighted by atomic mass is 10.1. The van der Waals surface area contributed by atoms with E-state index >= 15 is 0 Å². The molecule has 0 radical (unpaired) electrons. The summed E-state index contributed by atoms with van der Waals surface area (Å²) in [6, 6.07) is 10.1. The molecule has 1 saturated heterocycles. The fourth-order valence-corrected chi connectivity index (χ4v) is 2.41. The number of benzene rings is 1. The summed E-state index contributed by atoms with van der Waals surface area (Å²) >= 11 is 0. The molecule has 0 amide bonds. The fraction of sp³-hybridized carbons (Fsp3) is 0.600. The molecular weight excluding hydrogens is 267 g/mol. The second-order valence-corrected chi connectivity index (χ2v) is 5.94. The van der Waals surface area contributed by atoms with Crippen LogP contribution in [0.25, 0.3) is 0 Å². The van der Waals surface area contributed by atoms with Crippen molar-refractivity contribution < 1.29 is 14.0 Å². The molecule has 0 saturated carbocycles. The minimum atomic E-state index is -0.583. The van der Waals surface area contributed by atoms with Crippen molar-refractivity contribution in [2.75, 3.05) is 47.9 Å². The van der Waals surface area contributed by atoms with Gasteiger partial charge in [0.15, 0.2) is 0 Å². The summed E-state index contributed by atoms with van der Waals surface area (Å²) in [7, 11) is 7.56. The third-order valence-corrected chi connectivity index (χ3v) is 3.27. The van der Waals surface area contributed by atoms with Gasteiger partial charge >= 0.3 is 7.32 Å². The highest BCUT2D eigenvalue weighted by Crippen LogP contribution is 2.25. The maximum atomic E-state index is 5.96. The van der Waals surface area contributed by atoms with Gasteiger partial charge in [0.05, 0.1) is 18.8 Å². The second kappa shape index (κ2) is 7.91. The van der Waals surface area contributed by atoms with Crippen LogP contribution in [0.15, 0.2) is 30.3 Å². The Morgan fingerprint density at radius 3 is 2.33 bits per heavy atom. The van der Waals surface area contributed by atoms with Crippen LogP contribution < -0.4 is 0 Å². The molecule has 1 aromatic rings. The Morgan fingerprint density at radius 2 is 1.76 bits per heavy atom. The highest BCUT2D eigenvalue weighted by Gasteiger charge is 2.37. The number of hydrogen-bond acceptors (Lipinski definition) is 5. The smallest absolute Gasteiger partial charge is 0.383 e. The summed E-state index contributed by atoms with van der Waals surface area (Å²) < 4.78 is 17.4. The minimum Gasteiger partial charge on any atom is -0.383 e. The first-order chi connectivity index (χ1) is 10.0. The van der Waals surface area contributed by atoms with Gasteiger partial charge in [-0.05, 0) is 33.8 Å². The largest absolute Gasteiger partial charge is 0.640 e. The third-order valence-electron chi connectivity index (χ3n) is 3.27. The lowest BCUT2D eigenvalue weighted by molar-refractivity contribution is 0.0696. The van der Waals surface area contributed by atoms with Gasteiger partial charge in [-0.1, -0.05) is 30.3 Å². The van der Waals surface area contributed by atoms with Crippen LogP contribution >= 0.6 is 0 Å². The predicted octanol–water partition coefficient (Wildman–Crippen LogP) is 1.27. The van der Waals surface area contributed by atoms with Crippen LogP contribution in [0.1, 0.15) is 11.7 Å². The summed E-state index contributed by atoms with van der Waals surface area (Å²) in [5.74, 6) is 0. The molecule has 0 unspecified atom stereocenters. The maximum absolute atomic E-state index is 5.96. The van der Waals surface area contributed by atoms with Gasteiger partial charge in [0.1, 0.15) is 0 Å². The lowest BCUT2D eigenvalue weighted by Crippen LogP contribution is -2.41. The van der Waals surface area contributed by atoms with Gasteiger partial charge in [0.2, 0.25) is 0 Å². The molecule has 6 heteroatoms. The molecule has 0 aliphatic carbocycles. The van der Waals surface area contributed by atoms with E-state index in [1.165, 1.54) is 0 Å². The first kappa shape index (κ1) is 16.5. The monoisotopic (exact) mass is 292 g/mol. The fourth-order valence-electron chi connectivity index (χ4n) is 2.41. The molecule has 2 rings (SSSR count). The van der Waals surface area contributed by atoms with Gasteiger partial charge in [-0.3, -0.25) is 0 Å². The molecule has 21 heavy (non-hydrogen) atoms. The Bertz CT molecular complexity index is 407. The molecule has 0 N–H and O–H groups in total. The second-order valence-electron chi connectivity index (χ2n) is 5.94. The Hall–Kier alpha value is -0.915. The van der Waals surface area contributed by atoms with E-state index in [1.807, 2.05) is 58.5 Å². The molecule has 0 bridgehead atoms. The molecule has 116 valence electrons. The Morgan fingerprint density at radius 1 is 1.14 bits per heavy atom. The zero-order valence-corrected chi connectivity index (χ0v) is 13.4. The average molecular weight is 292 g/mol. The van der Waals surface area contributed by atoms with E-state index in [9.17, 15) is 0 Å². The quantitative estimate of drug-likeness (QED) is 0.707. The van der Waals surface area contributed by atoms with E-state index in [0.717, 1.165) is 18.7 Å². The van der Waals surface area contributed by atoms with Crippen molar-refractivity contribution in [1.29, 1.82) is 0 Å². The van der Waals surface area contributed by atoms with Crippen LogP contribution in [0, 0.1) is 0 Å². The molecule has 5 nitrogen and oxygen atoms in total. The van der Waals surface area contributed by atoms with Gasteiger partial charge in [0.25, 0.3) is 0 Å². The molecule has 1 heterocycles. The molecular formula is C15H25BN2O3. The van der Waals surface area contributed by atoms with Crippen molar-refractivity contribution in [1.82, 2.24) is 9.80 Å². The van der Waals surface area contributed by atoms with E-state index in [0.29, 0.717) is 6.61 Å². The summed E-state index contributed by atoms with van der Waals surface area (Å²) in [6.07, 6.45) is 0.00471. The number of hydrogen-bond donors (Lipinski definition) is 0. The summed E-state index contributed by atoms with van der Waals surface area (Å²) in [6.45, 7) is 2.19. The topological polar surface area (TPSA) is 34.2 Å². The van der Waals surface area contributed by atoms with Crippen LogP contribution in [-0.4, -0.2) is 71.1 Å². The molecule has 1 aliphatic heterocycles. The Balaban J connectivity index is 1.87. The normalized spacial score (nSPS) is 19.2. The first-order valence-corrected chi connectivity index (χ1v) is 7.31. The van der Waals surface area contributed by atoms with Crippen LogP contribution in [0.5, 0.6) is 0 Å². The molecule has 1 fully saturated rings. The van der Waals surface area contributed by atoms with Crippen LogP contribution in [0.3, 0.4) is 0 Å². The van der Waals surface area contributed by atoms with Gasteiger partial charge in [-0.15, -0.1) is 0 Å². The van der Waals surface area contributed by atoms with Gasteiger partial charge in [-0.2, -0.15) is 0 Å². The Labute approximate surface area is 127 Å². The van der Waals surface area contributed by atoms with Crippen LogP contribution in [0.4, 0.5) is 0 Å². The molecule has 1 atom stereocenters. The van der Waals surface area contributed by atoms with Crippen molar-refractivity contribution in [3.8, 4) is 0 Å². The highest BCUT2D eigenvalue weighted by atomic mass is 16.8. The number of likely N-dealkylation sites (N-methyl/N-ethyl adjacent to an activating group) is 2. The SMILES string of the molecule is CN(C)CC(CN(C)C)OB1OC[C@H](c2ccccc2)O1. The van der Waals surface area contributed by atoms with Crippen molar-refractivity contribution in [3.05, 3.63) is 35.9 Å². The van der Waals surface area contributed by atoms with Crippen LogP contribution in [-0.2, 0) is 14.0 Å². The summed E-state index contributed by atoms with van der Waals surface area (Å²) in [5.41, 5.74) is 1.13. The van der Waals surface area contributed by atoms with Crippen molar-refractivity contribution in [3.63, 3.8) is 0 Å². The molecule has 0 aromatic heterocycles. The number of nitrogens with zero attached hydrogens (tertiary/aromatic N) is 2. The molecule has 1 aromatic carbocycles. The summed E-state index contributed by atoms with van der Waals surface area (Å²) in [4.78, 5) is 4.22. The lowest BCUT2D eigenvalue weighted by Gasteiger charge is -2.25. The molecule has 0 spiro atoms.